The SMILES string of the molecule is COC(=O)C1C=CC=CC2=C1CCC2. The lowest BCUT2D eigenvalue weighted by atomic mass is 9.96. The van der Waals surface area contributed by atoms with Gasteiger partial charge in [-0.15, -0.1) is 0 Å². The molecule has 2 nitrogen and oxygen atoms in total. The molecule has 2 aliphatic rings. The highest BCUT2D eigenvalue weighted by Crippen LogP contribution is 2.34. The molecule has 0 radical (unpaired) electrons. The monoisotopic (exact) mass is 190 g/mol. The Balaban J connectivity index is 2.32. The largest absolute Gasteiger partial charge is 0.468 e. The van der Waals surface area contributed by atoms with Crippen LogP contribution in [0.15, 0.2) is 35.5 Å². The van der Waals surface area contributed by atoms with Crippen molar-refractivity contribution in [1.29, 1.82) is 0 Å². The second-order valence-corrected chi connectivity index (χ2v) is 3.65. The molecule has 2 rings (SSSR count). The summed E-state index contributed by atoms with van der Waals surface area (Å²) in [7, 11) is 1.45. The molecule has 0 heterocycles. The van der Waals surface area contributed by atoms with Crippen LogP contribution in [0.4, 0.5) is 0 Å². The van der Waals surface area contributed by atoms with Crippen LogP contribution in [0.5, 0.6) is 0 Å². The lowest BCUT2D eigenvalue weighted by Gasteiger charge is -2.12. The Labute approximate surface area is 83.9 Å². The van der Waals surface area contributed by atoms with Gasteiger partial charge in [0.05, 0.1) is 13.0 Å². The van der Waals surface area contributed by atoms with E-state index >= 15 is 0 Å². The number of allylic oxidation sites excluding steroid dienone is 4. The second-order valence-electron chi connectivity index (χ2n) is 3.65. The molecule has 0 aromatic carbocycles. The fourth-order valence-corrected chi connectivity index (χ4v) is 2.15. The maximum Gasteiger partial charge on any atom is 0.316 e. The number of ether oxygens (including phenoxy) is 1. The van der Waals surface area contributed by atoms with Crippen LogP contribution in [0.25, 0.3) is 0 Å². The summed E-state index contributed by atoms with van der Waals surface area (Å²) in [6.45, 7) is 0. The van der Waals surface area contributed by atoms with Crippen LogP contribution in [0.3, 0.4) is 0 Å². The van der Waals surface area contributed by atoms with E-state index in [-0.39, 0.29) is 11.9 Å². The maximum absolute atomic E-state index is 11.5. The summed E-state index contributed by atoms with van der Waals surface area (Å²) in [5.74, 6) is -0.285. The maximum atomic E-state index is 11.5. The molecule has 1 unspecified atom stereocenters. The van der Waals surface area contributed by atoms with Crippen molar-refractivity contribution in [1.82, 2.24) is 0 Å². The van der Waals surface area contributed by atoms with Crippen molar-refractivity contribution < 1.29 is 9.53 Å². The Morgan fingerprint density at radius 3 is 3.07 bits per heavy atom. The van der Waals surface area contributed by atoms with Crippen LogP contribution in [0.1, 0.15) is 19.3 Å². The highest BCUT2D eigenvalue weighted by molar-refractivity contribution is 5.79. The highest BCUT2D eigenvalue weighted by atomic mass is 16.5. The molecule has 14 heavy (non-hydrogen) atoms. The van der Waals surface area contributed by atoms with Gasteiger partial charge in [-0.25, -0.2) is 0 Å². The van der Waals surface area contributed by atoms with Gasteiger partial charge in [-0.1, -0.05) is 24.3 Å². The van der Waals surface area contributed by atoms with E-state index in [0.717, 1.165) is 19.3 Å². The highest BCUT2D eigenvalue weighted by Gasteiger charge is 2.26. The summed E-state index contributed by atoms with van der Waals surface area (Å²) in [5.41, 5.74) is 2.58. The fraction of sp³-hybridized carbons (Fsp3) is 0.417. The van der Waals surface area contributed by atoms with E-state index in [9.17, 15) is 4.79 Å². The molecule has 0 aromatic heterocycles. The van der Waals surface area contributed by atoms with Crippen molar-refractivity contribution in [3.05, 3.63) is 35.5 Å². The zero-order valence-corrected chi connectivity index (χ0v) is 8.32. The van der Waals surface area contributed by atoms with Gasteiger partial charge < -0.3 is 4.74 Å². The summed E-state index contributed by atoms with van der Waals surface area (Å²) in [5, 5.41) is 0. The van der Waals surface area contributed by atoms with Crippen LogP contribution in [-0.4, -0.2) is 13.1 Å². The lowest BCUT2D eigenvalue weighted by Crippen LogP contribution is -2.15. The minimum absolute atomic E-state index is 0.139. The average molecular weight is 190 g/mol. The predicted molar refractivity (Wildman–Crippen MR) is 54.7 cm³/mol. The topological polar surface area (TPSA) is 26.3 Å². The first kappa shape index (κ1) is 9.25. The molecular formula is C12H14O2. The van der Waals surface area contributed by atoms with Crippen LogP contribution in [0, 0.1) is 5.92 Å². The van der Waals surface area contributed by atoms with E-state index in [4.69, 9.17) is 4.74 Å². The fourth-order valence-electron chi connectivity index (χ4n) is 2.15. The standard InChI is InChI=1S/C12H14O2/c1-14-12(13)11-7-3-2-5-9-6-4-8-10(9)11/h2-3,5,7,11H,4,6,8H2,1H3. The summed E-state index contributed by atoms with van der Waals surface area (Å²) in [6, 6.07) is 0. The molecule has 0 aromatic rings. The summed E-state index contributed by atoms with van der Waals surface area (Å²) in [6.07, 6.45) is 11.3. The van der Waals surface area contributed by atoms with Crippen LogP contribution in [0.2, 0.25) is 0 Å². The van der Waals surface area contributed by atoms with Gasteiger partial charge in [-0.2, -0.15) is 0 Å². The molecular weight excluding hydrogens is 176 g/mol. The van der Waals surface area contributed by atoms with E-state index in [0.29, 0.717) is 0 Å². The minimum atomic E-state index is -0.146. The zero-order chi connectivity index (χ0) is 9.97. The molecule has 0 saturated heterocycles. The van der Waals surface area contributed by atoms with Gasteiger partial charge in [0.25, 0.3) is 0 Å². The molecule has 0 N–H and O–H groups in total. The van der Waals surface area contributed by atoms with E-state index in [1.807, 2.05) is 18.2 Å². The predicted octanol–water partition coefficient (Wildman–Crippen LogP) is 2.38. The van der Waals surface area contributed by atoms with Crippen LogP contribution < -0.4 is 0 Å². The Hall–Kier alpha value is -1.31. The number of carbonyl (C=O) groups is 1. The Morgan fingerprint density at radius 1 is 1.43 bits per heavy atom. The van der Waals surface area contributed by atoms with Crippen molar-refractivity contribution in [2.45, 2.75) is 19.3 Å². The first-order valence-corrected chi connectivity index (χ1v) is 4.97. The van der Waals surface area contributed by atoms with Crippen molar-refractivity contribution in [2.24, 2.45) is 5.92 Å². The third kappa shape index (κ3) is 1.52. The number of hydrogen-bond acceptors (Lipinski definition) is 2. The summed E-state index contributed by atoms with van der Waals surface area (Å²) < 4.78 is 4.80. The molecule has 0 amide bonds. The Kier molecular flexibility index (Phi) is 2.53. The Bertz CT molecular complexity index is 334. The van der Waals surface area contributed by atoms with E-state index in [1.54, 1.807) is 0 Å². The number of methoxy groups -OCH3 is 1. The normalized spacial score (nSPS) is 24.8. The molecule has 0 bridgehead atoms. The molecule has 0 fully saturated rings. The third-order valence-corrected chi connectivity index (χ3v) is 2.85. The smallest absolute Gasteiger partial charge is 0.316 e. The third-order valence-electron chi connectivity index (χ3n) is 2.85. The van der Waals surface area contributed by atoms with Crippen molar-refractivity contribution >= 4 is 5.97 Å². The van der Waals surface area contributed by atoms with Crippen LogP contribution >= 0.6 is 0 Å². The molecule has 0 spiro atoms. The van der Waals surface area contributed by atoms with Crippen molar-refractivity contribution in [2.75, 3.05) is 7.11 Å². The summed E-state index contributed by atoms with van der Waals surface area (Å²) in [4.78, 5) is 11.5. The van der Waals surface area contributed by atoms with Gasteiger partial charge >= 0.3 is 5.97 Å². The first-order valence-electron chi connectivity index (χ1n) is 4.97. The van der Waals surface area contributed by atoms with Crippen molar-refractivity contribution in [3.63, 3.8) is 0 Å². The molecule has 74 valence electrons. The van der Waals surface area contributed by atoms with Gasteiger partial charge in [0.1, 0.15) is 0 Å². The van der Waals surface area contributed by atoms with Gasteiger partial charge in [0.2, 0.25) is 0 Å². The molecule has 0 aliphatic heterocycles. The minimum Gasteiger partial charge on any atom is -0.468 e. The lowest BCUT2D eigenvalue weighted by molar-refractivity contribution is -0.142. The molecule has 1 atom stereocenters. The van der Waals surface area contributed by atoms with E-state index < -0.39 is 0 Å². The van der Waals surface area contributed by atoms with Gasteiger partial charge in [0.15, 0.2) is 0 Å². The second kappa shape index (κ2) is 3.82. The quantitative estimate of drug-likeness (QED) is 0.593. The van der Waals surface area contributed by atoms with E-state index in [2.05, 4.69) is 6.08 Å². The molecule has 2 heteroatoms. The Morgan fingerprint density at radius 2 is 2.29 bits per heavy atom. The molecule has 2 aliphatic carbocycles. The molecule has 0 saturated carbocycles. The van der Waals surface area contributed by atoms with Gasteiger partial charge in [-0.3, -0.25) is 4.79 Å². The van der Waals surface area contributed by atoms with Gasteiger partial charge in [-0.05, 0) is 30.4 Å². The first-order chi connectivity index (χ1) is 6.83. The van der Waals surface area contributed by atoms with E-state index in [1.165, 1.54) is 18.3 Å². The van der Waals surface area contributed by atoms with Gasteiger partial charge in [0, 0.05) is 0 Å². The van der Waals surface area contributed by atoms with Crippen molar-refractivity contribution in [3.8, 4) is 0 Å². The van der Waals surface area contributed by atoms with Crippen LogP contribution in [-0.2, 0) is 9.53 Å². The summed E-state index contributed by atoms with van der Waals surface area (Å²) >= 11 is 0. The number of carbonyl (C=O) groups excluding carboxylic acids is 1. The number of esters is 1. The number of hydrogen-bond donors (Lipinski definition) is 0. The number of rotatable bonds is 1. The average Bonchev–Trinajstić information content (AvgIpc) is 2.57. The zero-order valence-electron chi connectivity index (χ0n) is 8.32.